The van der Waals surface area contributed by atoms with E-state index in [0.717, 1.165) is 6.42 Å². The van der Waals surface area contributed by atoms with Crippen molar-refractivity contribution in [1.82, 2.24) is 0 Å². The molecule has 0 aromatic rings. The first-order chi connectivity index (χ1) is 7.47. The molecule has 3 nitrogen and oxygen atoms in total. The Kier molecular flexibility index (Phi) is 4.84. The molecule has 0 aromatic heterocycles. The summed E-state index contributed by atoms with van der Waals surface area (Å²) in [4.78, 5) is 23.4. The number of hydrogen-bond donors (Lipinski definition) is 0. The third kappa shape index (κ3) is 3.00. The van der Waals surface area contributed by atoms with Crippen LogP contribution in [0.2, 0.25) is 0 Å². The molecule has 0 spiro atoms. The number of hydrogen-bond acceptors (Lipinski definition) is 4. The van der Waals surface area contributed by atoms with E-state index in [4.69, 9.17) is 0 Å². The molecule has 3 unspecified atom stereocenters. The Balaban J connectivity index is 2.60. The van der Waals surface area contributed by atoms with Gasteiger partial charge in [0.15, 0.2) is 5.78 Å². The molecule has 1 fully saturated rings. The van der Waals surface area contributed by atoms with Gasteiger partial charge in [0.2, 0.25) is 0 Å². The van der Waals surface area contributed by atoms with E-state index in [-0.39, 0.29) is 17.0 Å². The lowest BCUT2D eigenvalue weighted by Crippen LogP contribution is -2.30. The van der Waals surface area contributed by atoms with Gasteiger partial charge in [0, 0.05) is 5.75 Å². The van der Waals surface area contributed by atoms with Crippen molar-refractivity contribution in [3.05, 3.63) is 0 Å². The normalized spacial score (nSPS) is 27.2. The minimum atomic E-state index is -0.533. The molecule has 16 heavy (non-hydrogen) atoms. The molecule has 0 radical (unpaired) electrons. The fourth-order valence-corrected chi connectivity index (χ4v) is 3.67. The zero-order chi connectivity index (χ0) is 12.3. The lowest BCUT2D eigenvalue weighted by Gasteiger charge is -2.19. The van der Waals surface area contributed by atoms with Crippen LogP contribution >= 0.6 is 11.8 Å². The Labute approximate surface area is 101 Å². The second-order valence-corrected chi connectivity index (χ2v) is 6.01. The van der Waals surface area contributed by atoms with Crippen molar-refractivity contribution in [2.24, 2.45) is 17.8 Å². The quantitative estimate of drug-likeness (QED) is 0.561. The number of thioether (sulfide) groups is 1. The maximum absolute atomic E-state index is 12.0. The molecular formula is C12H20O3S. The van der Waals surface area contributed by atoms with Crippen LogP contribution in [0.5, 0.6) is 0 Å². The molecule has 1 aliphatic rings. The smallest absolute Gasteiger partial charge is 0.317 e. The van der Waals surface area contributed by atoms with Gasteiger partial charge in [-0.25, -0.2) is 0 Å². The van der Waals surface area contributed by atoms with Crippen molar-refractivity contribution in [3.63, 3.8) is 0 Å². The summed E-state index contributed by atoms with van der Waals surface area (Å²) < 4.78 is 4.64. The Morgan fingerprint density at radius 3 is 2.62 bits per heavy atom. The fraction of sp³-hybridized carbons (Fsp3) is 0.833. The Hall–Kier alpha value is -0.510. The van der Waals surface area contributed by atoms with E-state index in [1.807, 2.05) is 0 Å². The molecule has 0 amide bonds. The lowest BCUT2D eigenvalue weighted by atomic mass is 9.90. The van der Waals surface area contributed by atoms with Gasteiger partial charge in [-0.1, -0.05) is 20.8 Å². The first kappa shape index (κ1) is 13.6. The fourth-order valence-electron chi connectivity index (χ4n) is 2.20. The highest BCUT2D eigenvalue weighted by Gasteiger charge is 2.42. The van der Waals surface area contributed by atoms with Gasteiger partial charge < -0.3 is 4.74 Å². The topological polar surface area (TPSA) is 43.4 Å². The van der Waals surface area contributed by atoms with Gasteiger partial charge in [0.25, 0.3) is 0 Å². The van der Waals surface area contributed by atoms with E-state index in [9.17, 15) is 9.59 Å². The molecule has 3 atom stereocenters. The predicted octanol–water partition coefficient (Wildman–Crippen LogP) is 2.14. The molecule has 0 saturated carbocycles. The molecule has 1 aliphatic heterocycles. The average Bonchev–Trinajstić information content (AvgIpc) is 2.58. The third-order valence-electron chi connectivity index (χ3n) is 2.91. The highest BCUT2D eigenvalue weighted by molar-refractivity contribution is 8.01. The lowest BCUT2D eigenvalue weighted by molar-refractivity contribution is -0.148. The van der Waals surface area contributed by atoms with E-state index in [0.29, 0.717) is 17.6 Å². The van der Waals surface area contributed by atoms with E-state index in [1.165, 1.54) is 7.11 Å². The number of rotatable bonds is 4. The monoisotopic (exact) mass is 244 g/mol. The van der Waals surface area contributed by atoms with Crippen molar-refractivity contribution in [3.8, 4) is 0 Å². The molecule has 1 heterocycles. The van der Waals surface area contributed by atoms with Crippen LogP contribution in [0.15, 0.2) is 0 Å². The minimum absolute atomic E-state index is 0.0218. The van der Waals surface area contributed by atoms with Crippen LogP contribution in [-0.4, -0.2) is 29.9 Å². The summed E-state index contributed by atoms with van der Waals surface area (Å²) in [5.41, 5.74) is 0. The molecule has 92 valence electrons. The van der Waals surface area contributed by atoms with Crippen LogP contribution in [-0.2, 0) is 14.3 Å². The van der Waals surface area contributed by atoms with Crippen LogP contribution in [0.25, 0.3) is 0 Å². The average molecular weight is 244 g/mol. The van der Waals surface area contributed by atoms with Crippen molar-refractivity contribution in [1.29, 1.82) is 0 Å². The highest BCUT2D eigenvalue weighted by atomic mass is 32.2. The number of ketones is 1. The van der Waals surface area contributed by atoms with Crippen LogP contribution < -0.4 is 0 Å². The van der Waals surface area contributed by atoms with Gasteiger partial charge in [0.05, 0.1) is 12.4 Å². The summed E-state index contributed by atoms with van der Waals surface area (Å²) in [6.07, 6.45) is 1.03. The molecule has 0 aliphatic carbocycles. The van der Waals surface area contributed by atoms with E-state index >= 15 is 0 Å². The van der Waals surface area contributed by atoms with Gasteiger partial charge >= 0.3 is 5.97 Å². The molecule has 1 rings (SSSR count). The number of esters is 1. The van der Waals surface area contributed by atoms with Crippen molar-refractivity contribution >= 4 is 23.5 Å². The summed E-state index contributed by atoms with van der Waals surface area (Å²) >= 11 is 1.60. The molecule has 0 N–H and O–H groups in total. The minimum Gasteiger partial charge on any atom is -0.468 e. The molecule has 0 aromatic carbocycles. The maximum Gasteiger partial charge on any atom is 0.317 e. The van der Waals surface area contributed by atoms with Crippen molar-refractivity contribution < 1.29 is 14.3 Å². The third-order valence-corrected chi connectivity index (χ3v) is 4.49. The van der Waals surface area contributed by atoms with E-state index < -0.39 is 5.92 Å². The van der Waals surface area contributed by atoms with Gasteiger partial charge in [-0.3, -0.25) is 9.59 Å². The van der Waals surface area contributed by atoms with Crippen LogP contribution in [0, 0.1) is 17.8 Å². The maximum atomic E-state index is 12.0. The first-order valence-corrected chi connectivity index (χ1v) is 6.75. The number of carbonyl (C=O) groups excluding carboxylic acids is 2. The largest absolute Gasteiger partial charge is 0.468 e. The Bertz CT molecular complexity index is 275. The van der Waals surface area contributed by atoms with Crippen LogP contribution in [0.3, 0.4) is 0 Å². The van der Waals surface area contributed by atoms with Crippen LogP contribution in [0.4, 0.5) is 0 Å². The molecule has 1 saturated heterocycles. The van der Waals surface area contributed by atoms with Crippen LogP contribution in [0.1, 0.15) is 27.2 Å². The van der Waals surface area contributed by atoms with Gasteiger partial charge in [0.1, 0.15) is 5.92 Å². The zero-order valence-electron chi connectivity index (χ0n) is 10.4. The number of Topliss-reactive ketones (excluding diaryl/α,β-unsaturated/α-hetero) is 1. The summed E-state index contributed by atoms with van der Waals surface area (Å²) in [6.45, 7) is 6.39. The van der Waals surface area contributed by atoms with Crippen molar-refractivity contribution in [2.75, 3.05) is 12.9 Å². The number of carbonyl (C=O) groups is 2. The van der Waals surface area contributed by atoms with Gasteiger partial charge in [-0.2, -0.15) is 0 Å². The highest BCUT2D eigenvalue weighted by Crippen LogP contribution is 2.35. The number of ether oxygens (including phenoxy) is 1. The second-order valence-electron chi connectivity index (χ2n) is 4.84. The van der Waals surface area contributed by atoms with Crippen molar-refractivity contribution in [2.45, 2.75) is 32.4 Å². The van der Waals surface area contributed by atoms with E-state index in [1.54, 1.807) is 11.8 Å². The molecule has 4 heteroatoms. The predicted molar refractivity (Wildman–Crippen MR) is 65.4 cm³/mol. The summed E-state index contributed by atoms with van der Waals surface area (Å²) in [5.74, 6) is 0.655. The molecular weight excluding hydrogens is 224 g/mol. The van der Waals surface area contributed by atoms with E-state index in [2.05, 4.69) is 25.5 Å². The van der Waals surface area contributed by atoms with Gasteiger partial charge in [-0.15, -0.1) is 11.8 Å². The Morgan fingerprint density at radius 1 is 1.50 bits per heavy atom. The SMILES string of the molecule is COC(=O)C1CSC(C(C)CC(C)C)C1=O. The first-order valence-electron chi connectivity index (χ1n) is 5.70. The summed E-state index contributed by atoms with van der Waals surface area (Å²) in [6, 6.07) is 0. The Morgan fingerprint density at radius 2 is 2.12 bits per heavy atom. The molecule has 0 bridgehead atoms. The number of methoxy groups -OCH3 is 1. The second kappa shape index (κ2) is 5.71. The standard InChI is InChI=1S/C12H20O3S/c1-7(2)5-8(3)11-10(13)9(6-16-11)12(14)15-4/h7-9,11H,5-6H2,1-4H3. The summed E-state index contributed by atoms with van der Waals surface area (Å²) in [7, 11) is 1.34. The summed E-state index contributed by atoms with van der Waals surface area (Å²) in [5, 5.41) is -0.0218. The zero-order valence-corrected chi connectivity index (χ0v) is 11.2. The van der Waals surface area contributed by atoms with Gasteiger partial charge in [-0.05, 0) is 18.3 Å².